The molecule has 3 rings (SSSR count). The average molecular weight is 393 g/mol. The van der Waals surface area contributed by atoms with Gasteiger partial charge in [-0.3, -0.25) is 4.79 Å². The molecule has 138 valence electrons. The van der Waals surface area contributed by atoms with Crippen molar-refractivity contribution in [3.8, 4) is 0 Å². The van der Waals surface area contributed by atoms with E-state index in [2.05, 4.69) is 20.6 Å². The smallest absolute Gasteiger partial charge is 0.340 e. The first kappa shape index (κ1) is 18.7. The van der Waals surface area contributed by atoms with E-state index in [1.54, 1.807) is 24.3 Å². The van der Waals surface area contributed by atoms with Crippen molar-refractivity contribution in [2.75, 3.05) is 10.6 Å². The Bertz CT molecular complexity index is 979. The SMILES string of the molecule is O=C(Nc1ccccc1C(F)(F)F)c1cc(Nc2cccc(Cl)c2)ncn1. The number of hydrogen-bond acceptors (Lipinski definition) is 4. The highest BCUT2D eigenvalue weighted by Crippen LogP contribution is 2.34. The van der Waals surface area contributed by atoms with Crippen molar-refractivity contribution in [2.24, 2.45) is 0 Å². The van der Waals surface area contributed by atoms with E-state index in [0.717, 1.165) is 12.4 Å². The summed E-state index contributed by atoms with van der Waals surface area (Å²) in [5.74, 6) is -0.496. The maximum absolute atomic E-state index is 13.0. The molecule has 27 heavy (non-hydrogen) atoms. The molecule has 0 aliphatic carbocycles. The molecule has 2 N–H and O–H groups in total. The van der Waals surface area contributed by atoms with Crippen LogP contribution < -0.4 is 10.6 Å². The molecule has 9 heteroatoms. The summed E-state index contributed by atoms with van der Waals surface area (Å²) in [5, 5.41) is 5.69. The number of nitrogens with zero attached hydrogens (tertiary/aromatic N) is 2. The summed E-state index contributed by atoms with van der Waals surface area (Å²) < 4.78 is 39.1. The molecular formula is C18H12ClF3N4O. The number of aromatic nitrogens is 2. The van der Waals surface area contributed by atoms with Crippen LogP contribution >= 0.6 is 11.6 Å². The number of benzene rings is 2. The molecule has 0 spiro atoms. The minimum Gasteiger partial charge on any atom is -0.340 e. The summed E-state index contributed by atoms with van der Waals surface area (Å²) in [4.78, 5) is 20.1. The van der Waals surface area contributed by atoms with E-state index in [1.165, 1.54) is 24.3 Å². The Kier molecular flexibility index (Phi) is 5.27. The molecule has 0 aliphatic heterocycles. The van der Waals surface area contributed by atoms with Gasteiger partial charge >= 0.3 is 6.18 Å². The summed E-state index contributed by atoms with van der Waals surface area (Å²) in [5.41, 5.74) is -0.746. The summed E-state index contributed by atoms with van der Waals surface area (Å²) in [6, 6.07) is 12.9. The number of anilines is 3. The fraction of sp³-hybridized carbons (Fsp3) is 0.0556. The van der Waals surface area contributed by atoms with Crippen molar-refractivity contribution >= 4 is 34.7 Å². The van der Waals surface area contributed by atoms with E-state index in [9.17, 15) is 18.0 Å². The Morgan fingerprint density at radius 3 is 2.52 bits per heavy atom. The zero-order valence-electron chi connectivity index (χ0n) is 13.6. The zero-order valence-corrected chi connectivity index (χ0v) is 14.3. The van der Waals surface area contributed by atoms with Crippen molar-refractivity contribution in [1.29, 1.82) is 0 Å². The Balaban J connectivity index is 1.81. The summed E-state index contributed by atoms with van der Waals surface area (Å²) >= 11 is 5.91. The fourth-order valence-corrected chi connectivity index (χ4v) is 2.48. The van der Waals surface area contributed by atoms with Crippen LogP contribution in [0.3, 0.4) is 0 Å². The third-order valence-electron chi connectivity index (χ3n) is 3.48. The number of nitrogens with one attached hydrogen (secondary N) is 2. The minimum absolute atomic E-state index is 0.0912. The van der Waals surface area contributed by atoms with Crippen molar-refractivity contribution in [2.45, 2.75) is 6.18 Å². The lowest BCUT2D eigenvalue weighted by Crippen LogP contribution is -2.18. The van der Waals surface area contributed by atoms with Crippen LogP contribution in [0.2, 0.25) is 5.02 Å². The quantitative estimate of drug-likeness (QED) is 0.644. The van der Waals surface area contributed by atoms with E-state index in [0.29, 0.717) is 16.5 Å². The van der Waals surface area contributed by atoms with Gasteiger partial charge in [0, 0.05) is 16.8 Å². The number of alkyl halides is 3. The van der Waals surface area contributed by atoms with E-state index in [1.807, 2.05) is 0 Å². The number of rotatable bonds is 4. The van der Waals surface area contributed by atoms with Crippen LogP contribution in [0, 0.1) is 0 Å². The van der Waals surface area contributed by atoms with E-state index in [4.69, 9.17) is 11.6 Å². The molecule has 0 radical (unpaired) electrons. The first-order valence-electron chi connectivity index (χ1n) is 7.65. The van der Waals surface area contributed by atoms with Gasteiger partial charge in [-0.05, 0) is 30.3 Å². The molecule has 3 aromatic rings. The molecule has 2 aromatic carbocycles. The predicted molar refractivity (Wildman–Crippen MR) is 96.2 cm³/mol. The lowest BCUT2D eigenvalue weighted by atomic mass is 10.1. The highest BCUT2D eigenvalue weighted by Gasteiger charge is 2.33. The van der Waals surface area contributed by atoms with Gasteiger partial charge in [0.25, 0.3) is 5.91 Å². The molecule has 0 saturated heterocycles. The fourth-order valence-electron chi connectivity index (χ4n) is 2.29. The molecule has 0 fully saturated rings. The first-order valence-corrected chi connectivity index (χ1v) is 8.03. The van der Waals surface area contributed by atoms with Gasteiger partial charge in [0.15, 0.2) is 0 Å². The largest absolute Gasteiger partial charge is 0.418 e. The second-order valence-corrected chi connectivity index (χ2v) is 5.86. The Morgan fingerprint density at radius 1 is 1.00 bits per heavy atom. The molecule has 0 atom stereocenters. The van der Waals surface area contributed by atoms with Crippen LogP contribution in [0.4, 0.5) is 30.4 Å². The van der Waals surface area contributed by atoms with Gasteiger partial charge in [-0.2, -0.15) is 13.2 Å². The van der Waals surface area contributed by atoms with Gasteiger partial charge in [-0.1, -0.05) is 29.8 Å². The van der Waals surface area contributed by atoms with Crippen LogP contribution in [-0.2, 0) is 6.18 Å². The summed E-state index contributed by atoms with van der Waals surface area (Å²) in [6.07, 6.45) is -3.45. The third kappa shape index (κ3) is 4.73. The minimum atomic E-state index is -4.59. The molecule has 0 aliphatic rings. The highest BCUT2D eigenvalue weighted by atomic mass is 35.5. The molecule has 1 amide bonds. The number of hydrogen-bond donors (Lipinski definition) is 2. The maximum atomic E-state index is 13.0. The van der Waals surface area contributed by atoms with Crippen LogP contribution in [0.5, 0.6) is 0 Å². The average Bonchev–Trinajstić information content (AvgIpc) is 2.61. The van der Waals surface area contributed by atoms with Crippen LogP contribution in [0.1, 0.15) is 16.1 Å². The highest BCUT2D eigenvalue weighted by molar-refractivity contribution is 6.30. The molecule has 1 heterocycles. The van der Waals surface area contributed by atoms with E-state index >= 15 is 0 Å². The Hall–Kier alpha value is -3.13. The second kappa shape index (κ2) is 7.63. The number of amides is 1. The van der Waals surface area contributed by atoms with Crippen LogP contribution in [0.15, 0.2) is 60.9 Å². The summed E-state index contributed by atoms with van der Waals surface area (Å²) in [6.45, 7) is 0. The van der Waals surface area contributed by atoms with Crippen molar-refractivity contribution in [3.05, 3.63) is 77.2 Å². The number of para-hydroxylation sites is 1. The van der Waals surface area contributed by atoms with Gasteiger partial charge in [0.2, 0.25) is 0 Å². The number of halogens is 4. The third-order valence-corrected chi connectivity index (χ3v) is 3.71. The van der Waals surface area contributed by atoms with E-state index in [-0.39, 0.29) is 11.4 Å². The number of carbonyl (C=O) groups is 1. The lowest BCUT2D eigenvalue weighted by molar-refractivity contribution is -0.136. The molecule has 5 nitrogen and oxygen atoms in total. The molecule has 1 aromatic heterocycles. The normalized spacial score (nSPS) is 11.1. The van der Waals surface area contributed by atoms with Gasteiger partial charge in [0.1, 0.15) is 17.8 Å². The first-order chi connectivity index (χ1) is 12.8. The van der Waals surface area contributed by atoms with E-state index < -0.39 is 17.6 Å². The van der Waals surface area contributed by atoms with Gasteiger partial charge in [-0.25, -0.2) is 9.97 Å². The Labute approximate surface area is 157 Å². The molecule has 0 unspecified atom stereocenters. The topological polar surface area (TPSA) is 66.9 Å². The maximum Gasteiger partial charge on any atom is 0.418 e. The lowest BCUT2D eigenvalue weighted by Gasteiger charge is -2.13. The van der Waals surface area contributed by atoms with Gasteiger partial charge < -0.3 is 10.6 Å². The number of carbonyl (C=O) groups excluding carboxylic acids is 1. The van der Waals surface area contributed by atoms with Gasteiger partial charge in [-0.15, -0.1) is 0 Å². The predicted octanol–water partition coefficient (Wildman–Crippen LogP) is 5.14. The molecule has 0 bridgehead atoms. The van der Waals surface area contributed by atoms with Gasteiger partial charge in [0.05, 0.1) is 11.3 Å². The van der Waals surface area contributed by atoms with Crippen molar-refractivity contribution in [3.63, 3.8) is 0 Å². The zero-order chi connectivity index (χ0) is 19.4. The molecule has 0 saturated carbocycles. The second-order valence-electron chi connectivity index (χ2n) is 5.42. The monoisotopic (exact) mass is 392 g/mol. The van der Waals surface area contributed by atoms with Crippen molar-refractivity contribution in [1.82, 2.24) is 9.97 Å². The standard InChI is InChI=1S/C18H12ClF3N4O/c19-11-4-3-5-12(8-11)25-16-9-15(23-10-24-16)17(27)26-14-7-2-1-6-13(14)18(20,21)22/h1-10H,(H,26,27)(H,23,24,25). The van der Waals surface area contributed by atoms with Crippen LogP contribution in [0.25, 0.3) is 0 Å². The molecular weight excluding hydrogens is 381 g/mol. The van der Waals surface area contributed by atoms with Crippen molar-refractivity contribution < 1.29 is 18.0 Å². The summed E-state index contributed by atoms with van der Waals surface area (Å²) in [7, 11) is 0. The van der Waals surface area contributed by atoms with Crippen LogP contribution in [-0.4, -0.2) is 15.9 Å². The Morgan fingerprint density at radius 2 is 1.78 bits per heavy atom.